The Labute approximate surface area is 160 Å². The third-order valence-corrected chi connectivity index (χ3v) is 5.59. The Morgan fingerprint density at radius 1 is 0.889 bits per heavy atom. The first-order chi connectivity index (χ1) is 13.1. The van der Waals surface area contributed by atoms with Crippen LogP contribution in [0.5, 0.6) is 0 Å². The van der Waals surface area contributed by atoms with Crippen molar-refractivity contribution in [1.29, 1.82) is 0 Å². The number of carbonyl (C=O) groups excluding carboxylic acids is 1. The lowest BCUT2D eigenvalue weighted by molar-refractivity contribution is -0.113. The second-order valence-corrected chi connectivity index (χ2v) is 7.27. The van der Waals surface area contributed by atoms with Crippen LogP contribution in [0.2, 0.25) is 0 Å². The largest absolute Gasteiger partial charge is 0.366 e. The summed E-state index contributed by atoms with van der Waals surface area (Å²) in [7, 11) is 0. The quantitative estimate of drug-likeness (QED) is 0.738. The number of halogens is 2. The van der Waals surface area contributed by atoms with Crippen LogP contribution in [0.25, 0.3) is 6.08 Å². The number of hydrogen-bond donors (Lipinski definition) is 0. The predicted molar refractivity (Wildman–Crippen MR) is 105 cm³/mol. The molecule has 2 aromatic carbocycles. The Morgan fingerprint density at radius 3 is 2.22 bits per heavy atom. The van der Waals surface area contributed by atoms with Crippen molar-refractivity contribution in [3.05, 3.63) is 70.6 Å². The number of amidine groups is 1. The number of rotatable bonds is 2. The highest BCUT2D eigenvalue weighted by Crippen LogP contribution is 2.31. The Bertz CT molecular complexity index is 936. The third kappa shape index (κ3) is 3.73. The Hall–Kier alpha value is -2.67. The highest BCUT2D eigenvalue weighted by Gasteiger charge is 2.29. The van der Waals surface area contributed by atoms with Gasteiger partial charge in [0, 0.05) is 31.7 Å². The van der Waals surface area contributed by atoms with Crippen molar-refractivity contribution in [2.45, 2.75) is 0 Å². The van der Waals surface area contributed by atoms with Crippen LogP contribution in [-0.4, -0.2) is 42.2 Å². The van der Waals surface area contributed by atoms with Crippen LogP contribution in [-0.2, 0) is 4.79 Å². The fourth-order valence-electron chi connectivity index (χ4n) is 3.11. The number of amides is 1. The van der Waals surface area contributed by atoms with Gasteiger partial charge in [0.2, 0.25) is 0 Å². The van der Waals surface area contributed by atoms with Crippen LogP contribution in [0, 0.1) is 11.6 Å². The van der Waals surface area contributed by atoms with E-state index in [2.05, 4.69) is 4.99 Å². The molecule has 2 aromatic rings. The Balaban J connectivity index is 1.43. The van der Waals surface area contributed by atoms with E-state index in [4.69, 9.17) is 0 Å². The van der Waals surface area contributed by atoms with E-state index >= 15 is 0 Å². The molecule has 1 saturated heterocycles. The molecule has 0 spiro atoms. The minimum absolute atomic E-state index is 0.233. The normalized spacial score (nSPS) is 19.0. The summed E-state index contributed by atoms with van der Waals surface area (Å²) < 4.78 is 27.8. The Morgan fingerprint density at radius 2 is 1.52 bits per heavy atom. The molecule has 7 heteroatoms. The van der Waals surface area contributed by atoms with Gasteiger partial charge in [-0.1, -0.05) is 30.3 Å². The number of thioether (sulfide) groups is 1. The van der Waals surface area contributed by atoms with E-state index < -0.39 is 0 Å². The highest BCUT2D eigenvalue weighted by molar-refractivity contribution is 8.18. The molecule has 2 aliphatic heterocycles. The molecule has 1 amide bonds. The topological polar surface area (TPSA) is 35.9 Å². The summed E-state index contributed by atoms with van der Waals surface area (Å²) in [5.41, 5.74) is 0.962. The van der Waals surface area contributed by atoms with E-state index in [1.807, 2.05) is 15.9 Å². The molecule has 0 bridgehead atoms. The van der Waals surface area contributed by atoms with Gasteiger partial charge in [-0.3, -0.25) is 4.79 Å². The average Bonchev–Trinajstić information content (AvgIpc) is 3.05. The zero-order valence-electron chi connectivity index (χ0n) is 14.4. The molecule has 0 N–H and O–H groups in total. The fraction of sp³-hybridized carbons (Fsp3) is 0.200. The SMILES string of the molecule is O=C1N=C(N2CCN(c3ccccc3F)CC2)S/C1=C\c1ccccc1F. The lowest BCUT2D eigenvalue weighted by Gasteiger charge is -2.36. The van der Waals surface area contributed by atoms with E-state index in [0.717, 1.165) is 0 Å². The van der Waals surface area contributed by atoms with Crippen molar-refractivity contribution in [3.63, 3.8) is 0 Å². The van der Waals surface area contributed by atoms with E-state index in [-0.39, 0.29) is 17.5 Å². The molecule has 0 saturated carbocycles. The zero-order valence-corrected chi connectivity index (χ0v) is 15.3. The fourth-order valence-corrected chi connectivity index (χ4v) is 4.07. The van der Waals surface area contributed by atoms with Gasteiger partial charge >= 0.3 is 0 Å². The summed E-state index contributed by atoms with van der Waals surface area (Å²) in [6, 6.07) is 13.0. The number of nitrogens with zero attached hydrogens (tertiary/aromatic N) is 3. The van der Waals surface area contributed by atoms with Crippen LogP contribution in [0.1, 0.15) is 5.56 Å². The monoisotopic (exact) mass is 385 g/mol. The molecule has 138 valence electrons. The van der Waals surface area contributed by atoms with Gasteiger partial charge in [-0.25, -0.2) is 8.78 Å². The van der Waals surface area contributed by atoms with Crippen LogP contribution < -0.4 is 4.90 Å². The summed E-state index contributed by atoms with van der Waals surface area (Å²) in [5.74, 6) is -0.955. The smallest absolute Gasteiger partial charge is 0.286 e. The number of aliphatic imine (C=N–C) groups is 1. The maximum atomic E-state index is 13.9. The third-order valence-electron chi connectivity index (χ3n) is 4.54. The predicted octanol–water partition coefficient (Wildman–Crippen LogP) is 3.76. The van der Waals surface area contributed by atoms with Crippen LogP contribution in [0.4, 0.5) is 14.5 Å². The van der Waals surface area contributed by atoms with Crippen molar-refractivity contribution in [1.82, 2.24) is 4.90 Å². The first kappa shape index (κ1) is 17.7. The molecule has 0 aliphatic carbocycles. The number of carbonyl (C=O) groups is 1. The second-order valence-electron chi connectivity index (χ2n) is 6.26. The number of hydrogen-bond acceptors (Lipinski definition) is 4. The molecule has 4 rings (SSSR count). The first-order valence-corrected chi connectivity index (χ1v) is 9.45. The van der Waals surface area contributed by atoms with Crippen molar-refractivity contribution >= 4 is 34.6 Å². The first-order valence-electron chi connectivity index (χ1n) is 8.63. The average molecular weight is 385 g/mol. The summed E-state index contributed by atoms with van der Waals surface area (Å²) >= 11 is 1.26. The van der Waals surface area contributed by atoms with Gasteiger partial charge in [0.25, 0.3) is 5.91 Å². The number of piperazine rings is 1. The van der Waals surface area contributed by atoms with Crippen LogP contribution >= 0.6 is 11.8 Å². The van der Waals surface area contributed by atoms with Gasteiger partial charge in [0.1, 0.15) is 11.6 Å². The lowest BCUT2D eigenvalue weighted by Crippen LogP contribution is -2.48. The van der Waals surface area contributed by atoms with E-state index in [1.54, 1.807) is 30.3 Å². The van der Waals surface area contributed by atoms with Crippen molar-refractivity contribution < 1.29 is 13.6 Å². The van der Waals surface area contributed by atoms with E-state index in [0.29, 0.717) is 47.5 Å². The van der Waals surface area contributed by atoms with E-state index in [9.17, 15) is 13.6 Å². The molecular weight excluding hydrogens is 368 g/mol. The van der Waals surface area contributed by atoms with E-state index in [1.165, 1.54) is 30.0 Å². The standard InChI is InChI=1S/C20H17F2N3OS/c21-15-6-2-1-5-14(15)13-18-19(26)23-20(27-18)25-11-9-24(10-12-25)17-8-4-3-7-16(17)22/h1-8,13H,9-12H2/b18-13-. The molecule has 0 unspecified atom stereocenters. The highest BCUT2D eigenvalue weighted by atomic mass is 32.2. The number of anilines is 1. The zero-order chi connectivity index (χ0) is 18.8. The van der Waals surface area contributed by atoms with Gasteiger partial charge in [0.15, 0.2) is 5.17 Å². The van der Waals surface area contributed by atoms with Gasteiger partial charge in [-0.2, -0.15) is 4.99 Å². The number of para-hydroxylation sites is 1. The van der Waals surface area contributed by atoms with Crippen molar-refractivity contribution in [2.24, 2.45) is 4.99 Å². The number of benzene rings is 2. The molecule has 2 aliphatic rings. The van der Waals surface area contributed by atoms with Crippen LogP contribution in [0.3, 0.4) is 0 Å². The lowest BCUT2D eigenvalue weighted by atomic mass is 10.2. The van der Waals surface area contributed by atoms with Crippen molar-refractivity contribution in [2.75, 3.05) is 31.1 Å². The molecule has 27 heavy (non-hydrogen) atoms. The molecule has 0 radical (unpaired) electrons. The summed E-state index contributed by atoms with van der Waals surface area (Å²) in [6.45, 7) is 2.56. The van der Waals surface area contributed by atoms with Crippen molar-refractivity contribution in [3.8, 4) is 0 Å². The molecule has 1 fully saturated rings. The molecule has 0 aromatic heterocycles. The Kier molecular flexibility index (Phi) is 4.94. The molecule has 0 atom stereocenters. The molecular formula is C20H17F2N3OS. The van der Waals surface area contributed by atoms with Gasteiger partial charge in [0.05, 0.1) is 10.6 Å². The van der Waals surface area contributed by atoms with Gasteiger partial charge < -0.3 is 9.80 Å². The van der Waals surface area contributed by atoms with Gasteiger partial charge in [-0.05, 0) is 36.0 Å². The minimum Gasteiger partial charge on any atom is -0.366 e. The van der Waals surface area contributed by atoms with Gasteiger partial charge in [-0.15, -0.1) is 0 Å². The summed E-state index contributed by atoms with van der Waals surface area (Å²) in [5, 5.41) is 0.621. The molecule has 4 nitrogen and oxygen atoms in total. The maximum Gasteiger partial charge on any atom is 0.286 e. The summed E-state index contributed by atoms with van der Waals surface area (Å²) in [6.07, 6.45) is 1.54. The van der Waals surface area contributed by atoms with Crippen LogP contribution in [0.15, 0.2) is 58.4 Å². The summed E-state index contributed by atoms with van der Waals surface area (Å²) in [4.78, 5) is 20.7. The maximum absolute atomic E-state index is 13.9. The second kappa shape index (κ2) is 7.52. The molecule has 2 heterocycles. The minimum atomic E-state index is -0.370.